The van der Waals surface area contributed by atoms with Crippen LogP contribution in [0.25, 0.3) is 10.9 Å². The van der Waals surface area contributed by atoms with Gasteiger partial charge < -0.3 is 4.98 Å². The Bertz CT molecular complexity index is 505. The third-order valence-electron chi connectivity index (χ3n) is 2.08. The number of H-pyrrole nitrogens is 1. The summed E-state index contributed by atoms with van der Waals surface area (Å²) in [7, 11) is 0. The molecule has 2 rings (SSSR count). The lowest BCUT2D eigenvalue weighted by Crippen LogP contribution is -1.73. The van der Waals surface area contributed by atoms with Crippen molar-refractivity contribution in [3.8, 4) is 6.07 Å². The molecule has 3 heteroatoms. The van der Waals surface area contributed by atoms with Gasteiger partial charge in [0.15, 0.2) is 0 Å². The number of aryl methyl sites for hydroxylation is 1. The Morgan fingerprint density at radius 2 is 2.23 bits per heavy atom. The third kappa shape index (κ3) is 1.09. The smallest absolute Gasteiger partial charge is 0.102 e. The fraction of sp³-hybridized carbons (Fsp3) is 0.100. The molecular weight excluding hydrogens is 184 g/mol. The summed E-state index contributed by atoms with van der Waals surface area (Å²) >= 11 is 5.96. The van der Waals surface area contributed by atoms with E-state index in [1.165, 1.54) is 0 Å². The monoisotopic (exact) mass is 190 g/mol. The Labute approximate surface area is 80.7 Å². The highest BCUT2D eigenvalue weighted by molar-refractivity contribution is 6.35. The van der Waals surface area contributed by atoms with Gasteiger partial charge in [-0.3, -0.25) is 0 Å². The van der Waals surface area contributed by atoms with E-state index < -0.39 is 0 Å². The molecule has 13 heavy (non-hydrogen) atoms. The van der Waals surface area contributed by atoms with Gasteiger partial charge in [-0.2, -0.15) is 5.26 Å². The maximum atomic E-state index is 8.88. The number of aromatic amines is 1. The van der Waals surface area contributed by atoms with E-state index in [1.54, 1.807) is 6.07 Å². The molecule has 0 fully saturated rings. The quantitative estimate of drug-likeness (QED) is 0.682. The zero-order valence-electron chi connectivity index (χ0n) is 7.06. The normalized spacial score (nSPS) is 10.2. The number of rotatable bonds is 0. The van der Waals surface area contributed by atoms with Gasteiger partial charge in [0.25, 0.3) is 0 Å². The summed E-state index contributed by atoms with van der Waals surface area (Å²) < 4.78 is 0. The zero-order chi connectivity index (χ0) is 9.42. The highest BCUT2D eigenvalue weighted by Gasteiger charge is 2.08. The largest absolute Gasteiger partial charge is 0.356 e. The summed E-state index contributed by atoms with van der Waals surface area (Å²) in [6, 6.07) is 7.70. The summed E-state index contributed by atoms with van der Waals surface area (Å²) in [4.78, 5) is 3.09. The van der Waals surface area contributed by atoms with Crippen molar-refractivity contribution in [3.63, 3.8) is 0 Å². The number of benzene rings is 1. The van der Waals surface area contributed by atoms with Crippen LogP contribution in [0.2, 0.25) is 5.02 Å². The summed E-state index contributed by atoms with van der Waals surface area (Å²) in [5.41, 5.74) is 2.39. The van der Waals surface area contributed by atoms with Gasteiger partial charge in [-0.25, -0.2) is 0 Å². The molecule has 2 aromatic rings. The van der Waals surface area contributed by atoms with Crippen LogP contribution in [0.1, 0.15) is 11.3 Å². The number of para-hydroxylation sites is 1. The van der Waals surface area contributed by atoms with Crippen molar-refractivity contribution < 1.29 is 0 Å². The Balaban J connectivity index is 2.96. The summed E-state index contributed by atoms with van der Waals surface area (Å²) in [5.74, 6) is 0. The van der Waals surface area contributed by atoms with Crippen LogP contribution < -0.4 is 0 Å². The minimum Gasteiger partial charge on any atom is -0.356 e. The molecule has 0 aliphatic rings. The Morgan fingerprint density at radius 3 is 2.92 bits per heavy atom. The van der Waals surface area contributed by atoms with E-state index in [0.29, 0.717) is 10.6 Å². The Kier molecular flexibility index (Phi) is 1.75. The van der Waals surface area contributed by atoms with Crippen LogP contribution in [0.3, 0.4) is 0 Å². The van der Waals surface area contributed by atoms with Crippen molar-refractivity contribution >= 4 is 22.5 Å². The van der Waals surface area contributed by atoms with Crippen molar-refractivity contribution in [3.05, 3.63) is 34.5 Å². The first-order valence-corrected chi connectivity index (χ1v) is 4.28. The van der Waals surface area contributed by atoms with Gasteiger partial charge >= 0.3 is 0 Å². The van der Waals surface area contributed by atoms with E-state index in [9.17, 15) is 0 Å². The number of nitrogens with one attached hydrogen (secondary N) is 1. The van der Waals surface area contributed by atoms with Crippen LogP contribution in [0.4, 0.5) is 0 Å². The van der Waals surface area contributed by atoms with Gasteiger partial charge in [0.1, 0.15) is 6.07 Å². The van der Waals surface area contributed by atoms with Crippen LogP contribution in [0, 0.1) is 18.3 Å². The van der Waals surface area contributed by atoms with Gasteiger partial charge in [-0.1, -0.05) is 23.7 Å². The molecule has 0 amide bonds. The first-order valence-electron chi connectivity index (χ1n) is 3.91. The number of fused-ring (bicyclic) bond motifs is 1. The maximum absolute atomic E-state index is 8.88. The second-order valence-corrected chi connectivity index (χ2v) is 3.31. The van der Waals surface area contributed by atoms with Gasteiger partial charge in [0.05, 0.1) is 16.1 Å². The molecule has 0 saturated carbocycles. The number of halogens is 1. The van der Waals surface area contributed by atoms with Crippen LogP contribution in [-0.2, 0) is 0 Å². The van der Waals surface area contributed by atoms with Crippen molar-refractivity contribution in [2.24, 2.45) is 0 Å². The van der Waals surface area contributed by atoms with Crippen LogP contribution in [0.15, 0.2) is 18.2 Å². The van der Waals surface area contributed by atoms with E-state index in [-0.39, 0.29) is 0 Å². The molecule has 0 spiro atoms. The SMILES string of the molecule is Cc1[nH]c2c(Cl)cccc2c1C#N. The number of nitrogens with zero attached hydrogens (tertiary/aromatic N) is 1. The molecule has 1 aromatic carbocycles. The fourth-order valence-electron chi connectivity index (χ4n) is 1.46. The van der Waals surface area contributed by atoms with Gasteiger partial charge in [-0.15, -0.1) is 0 Å². The highest BCUT2D eigenvalue weighted by atomic mass is 35.5. The van der Waals surface area contributed by atoms with E-state index in [4.69, 9.17) is 16.9 Å². The Morgan fingerprint density at radius 1 is 1.46 bits per heavy atom. The van der Waals surface area contributed by atoms with Crippen LogP contribution >= 0.6 is 11.6 Å². The Hall–Kier alpha value is -1.46. The van der Waals surface area contributed by atoms with Crippen molar-refractivity contribution in [1.82, 2.24) is 4.98 Å². The summed E-state index contributed by atoms with van der Waals surface area (Å²) in [6.45, 7) is 1.87. The van der Waals surface area contributed by atoms with E-state index in [2.05, 4.69) is 11.1 Å². The van der Waals surface area contributed by atoms with E-state index in [1.807, 2.05) is 19.1 Å². The average molecular weight is 191 g/mol. The molecule has 0 bridgehead atoms. The lowest BCUT2D eigenvalue weighted by atomic mass is 10.1. The number of hydrogen-bond donors (Lipinski definition) is 1. The third-order valence-corrected chi connectivity index (χ3v) is 2.40. The van der Waals surface area contributed by atoms with Crippen molar-refractivity contribution in [2.75, 3.05) is 0 Å². The lowest BCUT2D eigenvalue weighted by molar-refractivity contribution is 1.28. The predicted octanol–water partition coefficient (Wildman–Crippen LogP) is 3.00. The molecule has 0 unspecified atom stereocenters. The molecule has 1 aromatic heterocycles. The van der Waals surface area contributed by atoms with Crippen LogP contribution in [-0.4, -0.2) is 4.98 Å². The van der Waals surface area contributed by atoms with Crippen molar-refractivity contribution in [2.45, 2.75) is 6.92 Å². The second-order valence-electron chi connectivity index (χ2n) is 2.90. The zero-order valence-corrected chi connectivity index (χ0v) is 7.81. The fourth-order valence-corrected chi connectivity index (χ4v) is 1.68. The molecule has 1 heterocycles. The average Bonchev–Trinajstić information content (AvgIpc) is 2.43. The number of aromatic nitrogens is 1. The van der Waals surface area contributed by atoms with Gasteiger partial charge in [0, 0.05) is 11.1 Å². The molecule has 64 valence electrons. The molecule has 1 N–H and O–H groups in total. The summed E-state index contributed by atoms with van der Waals surface area (Å²) in [6.07, 6.45) is 0. The van der Waals surface area contributed by atoms with Crippen molar-refractivity contribution in [1.29, 1.82) is 5.26 Å². The van der Waals surface area contributed by atoms with Gasteiger partial charge in [-0.05, 0) is 13.0 Å². The maximum Gasteiger partial charge on any atom is 0.102 e. The molecule has 0 radical (unpaired) electrons. The summed E-state index contributed by atoms with van der Waals surface area (Å²) in [5, 5.41) is 10.4. The molecule has 0 aliphatic heterocycles. The first kappa shape index (κ1) is 8.15. The number of nitriles is 1. The van der Waals surface area contributed by atoms with E-state index in [0.717, 1.165) is 16.6 Å². The molecular formula is C10H7ClN2. The minimum absolute atomic E-state index is 0.655. The van der Waals surface area contributed by atoms with Crippen LogP contribution in [0.5, 0.6) is 0 Å². The standard InChI is InChI=1S/C10H7ClN2/c1-6-8(5-12)7-3-2-4-9(11)10(7)13-6/h2-4,13H,1H3. The minimum atomic E-state index is 0.655. The van der Waals surface area contributed by atoms with Gasteiger partial charge in [0.2, 0.25) is 0 Å². The molecule has 0 aliphatic carbocycles. The molecule has 0 atom stereocenters. The predicted molar refractivity (Wildman–Crippen MR) is 52.8 cm³/mol. The highest BCUT2D eigenvalue weighted by Crippen LogP contribution is 2.26. The van der Waals surface area contributed by atoms with E-state index >= 15 is 0 Å². The number of hydrogen-bond acceptors (Lipinski definition) is 1. The lowest BCUT2D eigenvalue weighted by Gasteiger charge is -1.91. The molecule has 2 nitrogen and oxygen atoms in total. The second kappa shape index (κ2) is 2.79. The molecule has 0 saturated heterocycles. The first-order chi connectivity index (χ1) is 6.24. The topological polar surface area (TPSA) is 39.6 Å².